The Kier molecular flexibility index (Phi) is 5.21. The molecule has 2 N–H and O–H groups in total. The van der Waals surface area contributed by atoms with Crippen molar-refractivity contribution in [3.05, 3.63) is 23.8 Å². The van der Waals surface area contributed by atoms with Gasteiger partial charge in [0.2, 0.25) is 0 Å². The number of rotatable bonds is 6. The van der Waals surface area contributed by atoms with Crippen molar-refractivity contribution in [3.8, 4) is 0 Å². The van der Waals surface area contributed by atoms with Crippen LogP contribution in [0.4, 0.5) is 0 Å². The van der Waals surface area contributed by atoms with Gasteiger partial charge in [0.25, 0.3) is 0 Å². The summed E-state index contributed by atoms with van der Waals surface area (Å²) in [4.78, 5) is 8.35. The Labute approximate surface area is 90.8 Å². The highest BCUT2D eigenvalue weighted by molar-refractivity contribution is 5.01. The van der Waals surface area contributed by atoms with Crippen LogP contribution in [-0.2, 0) is 6.54 Å². The number of hydrogen-bond donors (Lipinski definition) is 2. The molecule has 0 radical (unpaired) electrons. The molecule has 0 aliphatic heterocycles. The van der Waals surface area contributed by atoms with E-state index in [1.165, 1.54) is 0 Å². The van der Waals surface area contributed by atoms with Gasteiger partial charge in [-0.3, -0.25) is 0 Å². The van der Waals surface area contributed by atoms with E-state index in [-0.39, 0.29) is 6.61 Å². The van der Waals surface area contributed by atoms with Gasteiger partial charge in [0.15, 0.2) is 0 Å². The standard InChI is InChI=1S/C11H19N3O/c1-9(4-3-7-15)13-8-11-5-6-12-10(2)14-11/h5-6,9,13,15H,3-4,7-8H2,1-2H3. The first-order valence-corrected chi connectivity index (χ1v) is 5.35. The van der Waals surface area contributed by atoms with Gasteiger partial charge in [-0.15, -0.1) is 0 Å². The van der Waals surface area contributed by atoms with Crippen LogP contribution < -0.4 is 5.32 Å². The fraction of sp³-hybridized carbons (Fsp3) is 0.636. The predicted molar refractivity (Wildman–Crippen MR) is 59.4 cm³/mol. The SMILES string of the molecule is Cc1nccc(CNC(C)CCCO)n1. The molecule has 0 aromatic carbocycles. The van der Waals surface area contributed by atoms with E-state index in [0.717, 1.165) is 30.9 Å². The van der Waals surface area contributed by atoms with Gasteiger partial charge in [-0.25, -0.2) is 9.97 Å². The Morgan fingerprint density at radius 1 is 1.53 bits per heavy atom. The van der Waals surface area contributed by atoms with Crippen LogP contribution >= 0.6 is 0 Å². The summed E-state index contributed by atoms with van der Waals surface area (Å²) in [6, 6.07) is 2.33. The summed E-state index contributed by atoms with van der Waals surface area (Å²) in [6.45, 7) is 5.02. The molecule has 15 heavy (non-hydrogen) atoms. The molecular formula is C11H19N3O. The molecule has 0 bridgehead atoms. The van der Waals surface area contributed by atoms with Gasteiger partial charge < -0.3 is 10.4 Å². The van der Waals surface area contributed by atoms with E-state index >= 15 is 0 Å². The van der Waals surface area contributed by atoms with E-state index in [1.54, 1.807) is 6.20 Å². The number of aliphatic hydroxyl groups excluding tert-OH is 1. The van der Waals surface area contributed by atoms with Gasteiger partial charge in [-0.2, -0.15) is 0 Å². The molecule has 4 nitrogen and oxygen atoms in total. The highest BCUT2D eigenvalue weighted by Crippen LogP contribution is 1.99. The Balaban J connectivity index is 2.30. The maximum atomic E-state index is 8.69. The highest BCUT2D eigenvalue weighted by Gasteiger charge is 2.01. The summed E-state index contributed by atoms with van der Waals surface area (Å²) in [7, 11) is 0. The molecule has 0 fully saturated rings. The number of aromatic nitrogens is 2. The van der Waals surface area contributed by atoms with Gasteiger partial charge in [-0.05, 0) is 32.8 Å². The first-order valence-electron chi connectivity index (χ1n) is 5.35. The van der Waals surface area contributed by atoms with Crippen molar-refractivity contribution in [3.63, 3.8) is 0 Å². The lowest BCUT2D eigenvalue weighted by atomic mass is 10.2. The maximum absolute atomic E-state index is 8.69. The van der Waals surface area contributed by atoms with Crippen molar-refractivity contribution < 1.29 is 5.11 Å². The van der Waals surface area contributed by atoms with E-state index < -0.39 is 0 Å². The van der Waals surface area contributed by atoms with E-state index in [1.807, 2.05) is 13.0 Å². The van der Waals surface area contributed by atoms with Gasteiger partial charge in [-0.1, -0.05) is 0 Å². The number of aryl methyl sites for hydroxylation is 1. The third-order valence-electron chi connectivity index (χ3n) is 2.26. The largest absolute Gasteiger partial charge is 0.396 e. The smallest absolute Gasteiger partial charge is 0.125 e. The average Bonchev–Trinajstić information content (AvgIpc) is 2.23. The molecule has 0 saturated heterocycles. The lowest BCUT2D eigenvalue weighted by Gasteiger charge is -2.12. The average molecular weight is 209 g/mol. The second kappa shape index (κ2) is 6.48. The third kappa shape index (κ3) is 4.85. The third-order valence-corrected chi connectivity index (χ3v) is 2.26. The maximum Gasteiger partial charge on any atom is 0.125 e. The van der Waals surface area contributed by atoms with Crippen molar-refractivity contribution in [1.82, 2.24) is 15.3 Å². The Morgan fingerprint density at radius 3 is 3.00 bits per heavy atom. The van der Waals surface area contributed by atoms with Crippen molar-refractivity contribution in [2.24, 2.45) is 0 Å². The van der Waals surface area contributed by atoms with Crippen molar-refractivity contribution in [2.45, 2.75) is 39.3 Å². The Hall–Kier alpha value is -1.00. The summed E-state index contributed by atoms with van der Waals surface area (Å²) in [5.74, 6) is 0.803. The molecule has 1 rings (SSSR count). The van der Waals surface area contributed by atoms with Crippen LogP contribution in [0.5, 0.6) is 0 Å². The zero-order chi connectivity index (χ0) is 11.1. The number of nitrogens with one attached hydrogen (secondary N) is 1. The molecule has 1 heterocycles. The fourth-order valence-corrected chi connectivity index (χ4v) is 1.38. The fourth-order valence-electron chi connectivity index (χ4n) is 1.38. The van der Waals surface area contributed by atoms with Crippen molar-refractivity contribution >= 4 is 0 Å². The zero-order valence-corrected chi connectivity index (χ0v) is 9.40. The van der Waals surface area contributed by atoms with Crippen LogP contribution in [0.2, 0.25) is 0 Å². The van der Waals surface area contributed by atoms with Crippen LogP contribution in [0.1, 0.15) is 31.3 Å². The zero-order valence-electron chi connectivity index (χ0n) is 9.40. The molecule has 0 aliphatic carbocycles. The molecule has 1 atom stereocenters. The number of nitrogens with zero attached hydrogens (tertiary/aromatic N) is 2. The lowest BCUT2D eigenvalue weighted by molar-refractivity contribution is 0.276. The minimum atomic E-state index is 0.263. The van der Waals surface area contributed by atoms with E-state index in [0.29, 0.717) is 6.04 Å². The van der Waals surface area contributed by atoms with Crippen molar-refractivity contribution in [1.29, 1.82) is 0 Å². The van der Waals surface area contributed by atoms with Crippen molar-refractivity contribution in [2.75, 3.05) is 6.61 Å². The molecule has 0 amide bonds. The molecule has 4 heteroatoms. The second-order valence-electron chi connectivity index (χ2n) is 3.74. The molecule has 0 saturated carbocycles. The minimum Gasteiger partial charge on any atom is -0.396 e. The summed E-state index contributed by atoms with van der Waals surface area (Å²) in [5, 5.41) is 12.0. The van der Waals surface area contributed by atoms with E-state index in [2.05, 4.69) is 22.2 Å². The molecule has 1 aromatic rings. The first-order chi connectivity index (χ1) is 7.22. The van der Waals surface area contributed by atoms with Gasteiger partial charge in [0, 0.05) is 25.4 Å². The first kappa shape index (κ1) is 12.1. The predicted octanol–water partition coefficient (Wildman–Crippen LogP) is 1.04. The molecule has 0 spiro atoms. The molecule has 1 aromatic heterocycles. The summed E-state index contributed by atoms with van der Waals surface area (Å²) in [6.07, 6.45) is 3.61. The number of hydrogen-bond acceptors (Lipinski definition) is 4. The number of aliphatic hydroxyl groups is 1. The molecule has 1 unspecified atom stereocenters. The summed E-state index contributed by atoms with van der Waals surface area (Å²) in [5.41, 5.74) is 1.01. The molecule has 0 aliphatic rings. The van der Waals surface area contributed by atoms with E-state index in [4.69, 9.17) is 5.11 Å². The van der Waals surface area contributed by atoms with Gasteiger partial charge >= 0.3 is 0 Å². The second-order valence-corrected chi connectivity index (χ2v) is 3.74. The van der Waals surface area contributed by atoms with E-state index in [9.17, 15) is 0 Å². The van der Waals surface area contributed by atoms with Crippen LogP contribution in [-0.4, -0.2) is 27.7 Å². The molecule has 84 valence electrons. The van der Waals surface area contributed by atoms with Gasteiger partial charge in [0.05, 0.1) is 5.69 Å². The topological polar surface area (TPSA) is 58.0 Å². The normalized spacial score (nSPS) is 12.7. The Bertz CT molecular complexity index is 291. The lowest BCUT2D eigenvalue weighted by Crippen LogP contribution is -2.26. The summed E-state index contributed by atoms with van der Waals surface area (Å²) >= 11 is 0. The highest BCUT2D eigenvalue weighted by atomic mass is 16.2. The van der Waals surface area contributed by atoms with Crippen LogP contribution in [0.3, 0.4) is 0 Å². The quantitative estimate of drug-likeness (QED) is 0.735. The molecular weight excluding hydrogens is 190 g/mol. The Morgan fingerprint density at radius 2 is 2.33 bits per heavy atom. The van der Waals surface area contributed by atoms with Crippen LogP contribution in [0.15, 0.2) is 12.3 Å². The van der Waals surface area contributed by atoms with Gasteiger partial charge in [0.1, 0.15) is 5.82 Å². The van der Waals surface area contributed by atoms with Crippen LogP contribution in [0.25, 0.3) is 0 Å². The monoisotopic (exact) mass is 209 g/mol. The van der Waals surface area contributed by atoms with Crippen LogP contribution in [0, 0.1) is 6.92 Å². The minimum absolute atomic E-state index is 0.263. The summed E-state index contributed by atoms with van der Waals surface area (Å²) < 4.78 is 0.